The number of carbonyl (C=O) groups is 1. The summed E-state index contributed by atoms with van der Waals surface area (Å²) in [5.41, 5.74) is 5.36. The summed E-state index contributed by atoms with van der Waals surface area (Å²) in [6, 6.07) is 13.9. The molecule has 0 aliphatic rings. The van der Waals surface area contributed by atoms with E-state index in [0.29, 0.717) is 6.42 Å². The zero-order valence-corrected chi connectivity index (χ0v) is 14.0. The molecule has 3 N–H and O–H groups in total. The van der Waals surface area contributed by atoms with Gasteiger partial charge in [0.25, 0.3) is 5.91 Å². The van der Waals surface area contributed by atoms with Crippen LogP contribution in [-0.4, -0.2) is 17.8 Å². The average molecular weight is 365 g/mol. The van der Waals surface area contributed by atoms with E-state index < -0.39 is 23.8 Å². The van der Waals surface area contributed by atoms with Crippen molar-refractivity contribution in [3.63, 3.8) is 0 Å². The number of carbonyl (C=O) groups excluding carboxylic acids is 1. The van der Waals surface area contributed by atoms with Crippen molar-refractivity contribution < 1.29 is 22.8 Å². The van der Waals surface area contributed by atoms with Gasteiger partial charge in [0.05, 0.1) is 11.3 Å². The summed E-state index contributed by atoms with van der Waals surface area (Å²) in [5.74, 6) is -0.621. The Balaban J connectivity index is 1.97. The zero-order valence-electron chi connectivity index (χ0n) is 14.0. The van der Waals surface area contributed by atoms with Gasteiger partial charge in [-0.1, -0.05) is 47.6 Å². The van der Waals surface area contributed by atoms with Crippen LogP contribution in [0.25, 0.3) is 0 Å². The van der Waals surface area contributed by atoms with Crippen LogP contribution in [0.4, 0.5) is 18.9 Å². The molecule has 1 atom stereocenters. The molecule has 0 saturated carbocycles. The molecule has 2 rings (SSSR count). The Bertz CT molecular complexity index is 777. The highest BCUT2D eigenvalue weighted by Crippen LogP contribution is 2.34. The van der Waals surface area contributed by atoms with E-state index in [0.717, 1.165) is 11.6 Å². The van der Waals surface area contributed by atoms with Crippen molar-refractivity contribution in [3.8, 4) is 0 Å². The summed E-state index contributed by atoms with van der Waals surface area (Å²) in [6.07, 6.45) is -5.37. The minimum Gasteiger partial charge on any atom is -0.384 e. The fourth-order valence-electron chi connectivity index (χ4n) is 2.11. The molecule has 2 aromatic rings. The van der Waals surface area contributed by atoms with Gasteiger partial charge in [-0.2, -0.15) is 13.2 Å². The van der Waals surface area contributed by atoms with Crippen LogP contribution in [0.1, 0.15) is 18.1 Å². The molecule has 8 heteroatoms. The third kappa shape index (κ3) is 5.51. The molecule has 0 aliphatic heterocycles. The highest BCUT2D eigenvalue weighted by atomic mass is 19.4. The first-order chi connectivity index (χ1) is 12.3. The molecular formula is C18H18F3N3O2. The van der Waals surface area contributed by atoms with Gasteiger partial charge in [0.1, 0.15) is 5.84 Å². The number of hydrogen-bond acceptors (Lipinski definition) is 3. The number of anilines is 1. The number of benzene rings is 2. The number of nitrogens with one attached hydrogen (secondary N) is 1. The maximum absolute atomic E-state index is 12.9. The van der Waals surface area contributed by atoms with Crippen LogP contribution in [0.3, 0.4) is 0 Å². The molecule has 0 aliphatic carbocycles. The minimum atomic E-state index is -4.58. The van der Waals surface area contributed by atoms with Crippen molar-refractivity contribution in [2.75, 3.05) is 5.32 Å². The molecule has 26 heavy (non-hydrogen) atoms. The Morgan fingerprint density at radius 2 is 1.77 bits per heavy atom. The molecule has 5 nitrogen and oxygen atoms in total. The van der Waals surface area contributed by atoms with E-state index in [1.807, 2.05) is 30.3 Å². The molecule has 1 amide bonds. The quantitative estimate of drug-likeness (QED) is 0.467. The van der Waals surface area contributed by atoms with Gasteiger partial charge in [0.15, 0.2) is 0 Å². The van der Waals surface area contributed by atoms with Crippen molar-refractivity contribution >= 4 is 17.4 Å². The van der Waals surface area contributed by atoms with Gasteiger partial charge >= 0.3 is 6.18 Å². The normalized spacial score (nSPS) is 13.2. The van der Waals surface area contributed by atoms with Crippen LogP contribution in [0.15, 0.2) is 59.8 Å². The first-order valence-corrected chi connectivity index (χ1v) is 7.76. The smallest absolute Gasteiger partial charge is 0.384 e. The second-order valence-corrected chi connectivity index (χ2v) is 5.53. The maximum atomic E-state index is 12.9. The lowest BCUT2D eigenvalue weighted by molar-refractivity contribution is -0.137. The van der Waals surface area contributed by atoms with Crippen LogP contribution in [-0.2, 0) is 22.2 Å². The highest BCUT2D eigenvalue weighted by Gasteiger charge is 2.34. The third-order valence-electron chi connectivity index (χ3n) is 3.42. The summed E-state index contributed by atoms with van der Waals surface area (Å²) >= 11 is 0. The molecule has 0 saturated heterocycles. The minimum absolute atomic E-state index is 0.145. The van der Waals surface area contributed by atoms with Gasteiger partial charge in [-0.25, -0.2) is 0 Å². The van der Waals surface area contributed by atoms with Gasteiger partial charge < -0.3 is 15.9 Å². The van der Waals surface area contributed by atoms with Crippen molar-refractivity contribution in [3.05, 3.63) is 65.7 Å². The predicted octanol–water partition coefficient (Wildman–Crippen LogP) is 3.56. The Kier molecular flexibility index (Phi) is 6.21. The number of amides is 1. The lowest BCUT2D eigenvalue weighted by Gasteiger charge is -2.15. The van der Waals surface area contributed by atoms with Crippen molar-refractivity contribution in [1.82, 2.24) is 0 Å². The molecule has 0 fully saturated rings. The Hall–Kier alpha value is -3.03. The lowest BCUT2D eigenvalue weighted by atomic mass is 10.1. The fourth-order valence-corrected chi connectivity index (χ4v) is 2.11. The van der Waals surface area contributed by atoms with Gasteiger partial charge in [0.2, 0.25) is 6.10 Å². The molecule has 138 valence electrons. The van der Waals surface area contributed by atoms with Gasteiger partial charge in [-0.15, -0.1) is 0 Å². The van der Waals surface area contributed by atoms with E-state index in [1.165, 1.54) is 25.1 Å². The molecule has 0 bridgehead atoms. The van der Waals surface area contributed by atoms with Gasteiger partial charge in [-0.05, 0) is 24.6 Å². The standard InChI is InChI=1S/C18H18F3N3O2/c1-12(26-24-16(22)11-13-7-3-2-4-8-13)17(25)23-15-10-6-5-9-14(15)18(19,20)21/h2-10,12H,11H2,1H3,(H2,22,24)(H,23,25). The number of hydrogen-bond donors (Lipinski definition) is 2. The van der Waals surface area contributed by atoms with Crippen LogP contribution < -0.4 is 11.1 Å². The van der Waals surface area contributed by atoms with Crippen LogP contribution in [0, 0.1) is 0 Å². The number of oxime groups is 1. The fraction of sp³-hybridized carbons (Fsp3) is 0.222. The zero-order chi connectivity index (χ0) is 19.2. The van der Waals surface area contributed by atoms with Gasteiger partial charge in [0, 0.05) is 6.42 Å². The monoisotopic (exact) mass is 365 g/mol. The van der Waals surface area contributed by atoms with Crippen LogP contribution in [0.5, 0.6) is 0 Å². The number of para-hydroxylation sites is 1. The summed E-state index contributed by atoms with van der Waals surface area (Å²) < 4.78 is 38.8. The largest absolute Gasteiger partial charge is 0.418 e. The first-order valence-electron chi connectivity index (χ1n) is 7.76. The van der Waals surface area contributed by atoms with E-state index >= 15 is 0 Å². The van der Waals surface area contributed by atoms with Crippen molar-refractivity contribution in [1.29, 1.82) is 0 Å². The van der Waals surface area contributed by atoms with E-state index in [-0.39, 0.29) is 11.5 Å². The number of alkyl halides is 3. The number of nitrogens with two attached hydrogens (primary N) is 1. The summed E-state index contributed by atoms with van der Waals surface area (Å²) in [7, 11) is 0. The van der Waals surface area contributed by atoms with E-state index in [2.05, 4.69) is 10.5 Å². The molecule has 0 aromatic heterocycles. The van der Waals surface area contributed by atoms with E-state index in [1.54, 1.807) is 0 Å². The molecule has 0 radical (unpaired) electrons. The number of rotatable bonds is 6. The number of nitrogens with zero attached hydrogens (tertiary/aromatic N) is 1. The second-order valence-electron chi connectivity index (χ2n) is 5.53. The second kappa shape index (κ2) is 8.37. The van der Waals surface area contributed by atoms with E-state index in [9.17, 15) is 18.0 Å². The lowest BCUT2D eigenvalue weighted by Crippen LogP contribution is -2.28. The molecule has 1 unspecified atom stereocenters. The summed E-state index contributed by atoms with van der Waals surface area (Å²) in [4.78, 5) is 17.1. The van der Waals surface area contributed by atoms with Crippen molar-refractivity contribution in [2.24, 2.45) is 10.9 Å². The number of halogens is 3. The SMILES string of the molecule is CC(O/N=C(/N)Cc1ccccc1)C(=O)Nc1ccccc1C(F)(F)F. The number of amidine groups is 1. The summed E-state index contributed by atoms with van der Waals surface area (Å²) in [5, 5.41) is 5.86. The Morgan fingerprint density at radius 1 is 1.15 bits per heavy atom. The van der Waals surface area contributed by atoms with E-state index in [4.69, 9.17) is 10.6 Å². The first kappa shape index (κ1) is 19.3. The molecule has 0 spiro atoms. The summed E-state index contributed by atoms with van der Waals surface area (Å²) in [6.45, 7) is 1.37. The van der Waals surface area contributed by atoms with Crippen LogP contribution >= 0.6 is 0 Å². The predicted molar refractivity (Wildman–Crippen MR) is 92.4 cm³/mol. The Morgan fingerprint density at radius 3 is 2.42 bits per heavy atom. The topological polar surface area (TPSA) is 76.7 Å². The average Bonchev–Trinajstić information content (AvgIpc) is 2.60. The Labute approximate surface area is 148 Å². The van der Waals surface area contributed by atoms with Crippen LogP contribution in [0.2, 0.25) is 0 Å². The third-order valence-corrected chi connectivity index (χ3v) is 3.42. The molecular weight excluding hydrogens is 347 g/mol. The highest BCUT2D eigenvalue weighted by molar-refractivity contribution is 5.94. The van der Waals surface area contributed by atoms with Gasteiger partial charge in [-0.3, -0.25) is 4.79 Å². The molecule has 2 aromatic carbocycles. The van der Waals surface area contributed by atoms with Crippen molar-refractivity contribution in [2.45, 2.75) is 25.6 Å². The molecule has 0 heterocycles. The maximum Gasteiger partial charge on any atom is 0.418 e.